The van der Waals surface area contributed by atoms with E-state index in [1.807, 2.05) is 0 Å². The Balaban J connectivity index is 1.99. The van der Waals surface area contributed by atoms with Crippen molar-refractivity contribution >= 4 is 17.6 Å². The van der Waals surface area contributed by atoms with Gasteiger partial charge in [-0.1, -0.05) is 6.07 Å². The van der Waals surface area contributed by atoms with Gasteiger partial charge in [0.25, 0.3) is 0 Å². The summed E-state index contributed by atoms with van der Waals surface area (Å²) in [6, 6.07) is 6.37. The third-order valence-electron chi connectivity index (χ3n) is 3.29. The first kappa shape index (κ1) is 14.5. The van der Waals surface area contributed by atoms with Crippen LogP contribution in [0.25, 0.3) is 0 Å². The van der Waals surface area contributed by atoms with Gasteiger partial charge in [0.1, 0.15) is 0 Å². The van der Waals surface area contributed by atoms with Crippen LogP contribution in [0.4, 0.5) is 5.69 Å². The molecule has 2 unspecified atom stereocenters. The van der Waals surface area contributed by atoms with Gasteiger partial charge in [-0.15, -0.1) is 0 Å². The lowest BCUT2D eigenvalue weighted by molar-refractivity contribution is -0.118. The lowest BCUT2D eigenvalue weighted by Gasteiger charge is -2.12. The van der Waals surface area contributed by atoms with E-state index < -0.39 is 5.97 Å². The molecule has 0 spiro atoms. The second kappa shape index (κ2) is 6.49. The van der Waals surface area contributed by atoms with Gasteiger partial charge in [-0.3, -0.25) is 4.79 Å². The van der Waals surface area contributed by atoms with E-state index >= 15 is 0 Å². The van der Waals surface area contributed by atoms with Gasteiger partial charge in [0.2, 0.25) is 5.91 Å². The van der Waals surface area contributed by atoms with Crippen LogP contribution in [0.1, 0.15) is 16.8 Å². The Kier molecular flexibility index (Phi) is 4.70. The monoisotopic (exact) mass is 278 g/mol. The van der Waals surface area contributed by atoms with Crippen molar-refractivity contribution in [1.82, 2.24) is 5.32 Å². The van der Waals surface area contributed by atoms with Crippen LogP contribution in [-0.2, 0) is 14.3 Å². The number of nitrogens with one attached hydrogen (secondary N) is 2. The maximum absolute atomic E-state index is 12.1. The van der Waals surface area contributed by atoms with Crippen molar-refractivity contribution in [2.75, 3.05) is 26.1 Å². The summed E-state index contributed by atoms with van der Waals surface area (Å²) in [7, 11) is 2.95. The third-order valence-corrected chi connectivity index (χ3v) is 3.29. The van der Waals surface area contributed by atoms with Crippen molar-refractivity contribution in [1.29, 1.82) is 0 Å². The minimum atomic E-state index is -0.431. The molecule has 2 atom stereocenters. The van der Waals surface area contributed by atoms with Gasteiger partial charge < -0.3 is 20.1 Å². The number of amides is 1. The largest absolute Gasteiger partial charge is 0.465 e. The zero-order valence-corrected chi connectivity index (χ0v) is 11.5. The van der Waals surface area contributed by atoms with E-state index in [9.17, 15) is 9.59 Å². The molecule has 1 saturated heterocycles. The molecular formula is C14H18N2O4. The summed E-state index contributed by atoms with van der Waals surface area (Å²) in [5.74, 6) is -0.564. The number of carbonyl (C=O) groups excluding carboxylic acids is 2. The van der Waals surface area contributed by atoms with Crippen LogP contribution in [-0.4, -0.2) is 44.8 Å². The average Bonchev–Trinajstić information content (AvgIpc) is 2.95. The Labute approximate surface area is 117 Å². The van der Waals surface area contributed by atoms with Crippen LogP contribution in [0.3, 0.4) is 0 Å². The van der Waals surface area contributed by atoms with Gasteiger partial charge in [-0.05, 0) is 24.6 Å². The second-order valence-corrected chi connectivity index (χ2v) is 4.62. The molecule has 108 valence electrons. The van der Waals surface area contributed by atoms with Crippen LogP contribution in [0.5, 0.6) is 0 Å². The Morgan fingerprint density at radius 3 is 2.80 bits per heavy atom. The summed E-state index contributed by atoms with van der Waals surface area (Å²) >= 11 is 0. The molecule has 1 aliphatic rings. The molecule has 0 saturated carbocycles. The molecule has 6 heteroatoms. The van der Waals surface area contributed by atoms with Crippen molar-refractivity contribution in [3.8, 4) is 0 Å². The summed E-state index contributed by atoms with van der Waals surface area (Å²) in [5, 5.41) is 5.88. The maximum atomic E-state index is 12.1. The summed E-state index contributed by atoms with van der Waals surface area (Å²) in [6.07, 6.45) is 0.700. The minimum absolute atomic E-state index is 0.0622. The minimum Gasteiger partial charge on any atom is -0.465 e. The van der Waals surface area contributed by atoms with Gasteiger partial charge in [0.15, 0.2) is 0 Å². The predicted molar refractivity (Wildman–Crippen MR) is 73.6 cm³/mol. The van der Waals surface area contributed by atoms with Gasteiger partial charge in [0.05, 0.1) is 24.8 Å². The zero-order chi connectivity index (χ0) is 14.5. The second-order valence-electron chi connectivity index (χ2n) is 4.62. The normalized spacial score (nSPS) is 21.5. The van der Waals surface area contributed by atoms with E-state index in [0.29, 0.717) is 24.2 Å². The molecule has 0 bridgehead atoms. The predicted octanol–water partition coefficient (Wildman–Crippen LogP) is 0.789. The number of carbonyl (C=O) groups is 2. The molecule has 2 N–H and O–H groups in total. The highest BCUT2D eigenvalue weighted by Gasteiger charge is 2.29. The Morgan fingerprint density at radius 2 is 2.15 bits per heavy atom. The molecule has 1 amide bonds. The lowest BCUT2D eigenvalue weighted by atomic mass is 10.1. The number of benzene rings is 1. The van der Waals surface area contributed by atoms with Crippen LogP contribution in [0, 0.1) is 0 Å². The quantitative estimate of drug-likeness (QED) is 0.796. The molecule has 1 aromatic carbocycles. The average molecular weight is 278 g/mol. The molecule has 1 aliphatic heterocycles. The molecule has 0 radical (unpaired) electrons. The third kappa shape index (κ3) is 3.34. The number of anilines is 1. The van der Waals surface area contributed by atoms with Crippen molar-refractivity contribution in [2.45, 2.75) is 18.6 Å². The van der Waals surface area contributed by atoms with Gasteiger partial charge >= 0.3 is 5.97 Å². The van der Waals surface area contributed by atoms with Crippen molar-refractivity contribution < 1.29 is 19.1 Å². The van der Waals surface area contributed by atoms with Crippen LogP contribution in [0.2, 0.25) is 0 Å². The van der Waals surface area contributed by atoms with Gasteiger partial charge in [0, 0.05) is 19.3 Å². The van der Waals surface area contributed by atoms with Crippen LogP contribution < -0.4 is 10.6 Å². The van der Waals surface area contributed by atoms with E-state index in [-0.39, 0.29) is 18.1 Å². The van der Waals surface area contributed by atoms with Gasteiger partial charge in [-0.2, -0.15) is 0 Å². The Morgan fingerprint density at radius 1 is 1.35 bits per heavy atom. The number of esters is 1. The molecule has 1 fully saturated rings. The molecule has 1 heterocycles. The molecule has 0 aliphatic carbocycles. The van der Waals surface area contributed by atoms with Crippen molar-refractivity contribution in [3.63, 3.8) is 0 Å². The van der Waals surface area contributed by atoms with Crippen LogP contribution in [0.15, 0.2) is 24.3 Å². The highest BCUT2D eigenvalue weighted by Crippen LogP contribution is 2.15. The standard InChI is InChI=1S/C14H18N2O4/c1-19-11-7-12(15-8-11)13(17)16-10-5-3-4-9(6-10)14(18)20-2/h3-6,11-12,15H,7-8H2,1-2H3,(H,16,17). The highest BCUT2D eigenvalue weighted by molar-refractivity contribution is 5.97. The molecule has 1 aromatic rings. The molecule has 2 rings (SSSR count). The Hall–Kier alpha value is -1.92. The first-order valence-electron chi connectivity index (χ1n) is 6.39. The molecule has 0 aromatic heterocycles. The van der Waals surface area contributed by atoms with Crippen molar-refractivity contribution in [3.05, 3.63) is 29.8 Å². The van der Waals surface area contributed by atoms with E-state index in [2.05, 4.69) is 15.4 Å². The summed E-state index contributed by atoms with van der Waals surface area (Å²) in [5.41, 5.74) is 0.972. The Bertz CT molecular complexity index is 504. The first-order valence-corrected chi connectivity index (χ1v) is 6.39. The molecular weight excluding hydrogens is 260 g/mol. The SMILES string of the molecule is COC(=O)c1cccc(NC(=O)C2CC(OC)CN2)c1. The van der Waals surface area contributed by atoms with E-state index in [4.69, 9.17) is 4.74 Å². The fourth-order valence-corrected chi connectivity index (χ4v) is 2.15. The maximum Gasteiger partial charge on any atom is 0.337 e. The van der Waals surface area contributed by atoms with E-state index in [0.717, 1.165) is 0 Å². The fraction of sp³-hybridized carbons (Fsp3) is 0.429. The van der Waals surface area contributed by atoms with Crippen LogP contribution >= 0.6 is 0 Å². The van der Waals surface area contributed by atoms with Gasteiger partial charge in [-0.25, -0.2) is 4.79 Å². The van der Waals surface area contributed by atoms with E-state index in [1.54, 1.807) is 31.4 Å². The fourth-order valence-electron chi connectivity index (χ4n) is 2.15. The summed E-state index contributed by atoms with van der Waals surface area (Å²) in [6.45, 7) is 0.663. The molecule has 20 heavy (non-hydrogen) atoms. The number of hydrogen-bond acceptors (Lipinski definition) is 5. The summed E-state index contributed by atoms with van der Waals surface area (Å²) < 4.78 is 9.85. The number of hydrogen-bond donors (Lipinski definition) is 2. The topological polar surface area (TPSA) is 76.7 Å². The number of ether oxygens (including phenoxy) is 2. The smallest absolute Gasteiger partial charge is 0.337 e. The summed E-state index contributed by atoms with van der Waals surface area (Å²) in [4.78, 5) is 23.5. The number of rotatable bonds is 4. The lowest BCUT2D eigenvalue weighted by Crippen LogP contribution is -2.35. The zero-order valence-electron chi connectivity index (χ0n) is 11.5. The van der Waals surface area contributed by atoms with E-state index in [1.165, 1.54) is 7.11 Å². The first-order chi connectivity index (χ1) is 9.63. The highest BCUT2D eigenvalue weighted by atomic mass is 16.5. The number of methoxy groups -OCH3 is 2. The molecule has 6 nitrogen and oxygen atoms in total. The van der Waals surface area contributed by atoms with Crippen molar-refractivity contribution in [2.24, 2.45) is 0 Å².